The molecule has 6 nitrogen and oxygen atoms in total. The number of hydrogen-bond acceptors (Lipinski definition) is 4. The van der Waals surface area contributed by atoms with Crippen LogP contribution >= 0.6 is 0 Å². The van der Waals surface area contributed by atoms with Gasteiger partial charge in [0, 0.05) is 11.4 Å². The molecular formula is C18H23N3O3S. The Morgan fingerprint density at radius 3 is 2.20 bits per heavy atom. The van der Waals surface area contributed by atoms with Gasteiger partial charge < -0.3 is 11.1 Å². The highest BCUT2D eigenvalue weighted by Gasteiger charge is 2.27. The predicted molar refractivity (Wildman–Crippen MR) is 99.8 cm³/mol. The quantitative estimate of drug-likeness (QED) is 0.762. The molecule has 1 amide bonds. The maximum atomic E-state index is 12.5. The number of carbonyl (C=O) groups is 1. The van der Waals surface area contributed by atoms with Gasteiger partial charge in [-0.2, -0.15) is 0 Å². The highest BCUT2D eigenvalue weighted by molar-refractivity contribution is 7.92. The van der Waals surface area contributed by atoms with Gasteiger partial charge in [-0.25, -0.2) is 8.42 Å². The summed E-state index contributed by atoms with van der Waals surface area (Å²) in [7, 11) is -3.75. The molecule has 0 saturated carbocycles. The minimum absolute atomic E-state index is 0.0542. The van der Waals surface area contributed by atoms with E-state index in [1.54, 1.807) is 42.5 Å². The minimum Gasteiger partial charge on any atom is -0.325 e. The van der Waals surface area contributed by atoms with E-state index in [1.807, 2.05) is 20.8 Å². The molecule has 0 spiro atoms. The summed E-state index contributed by atoms with van der Waals surface area (Å²) in [6.07, 6.45) is 0. The summed E-state index contributed by atoms with van der Waals surface area (Å²) >= 11 is 0. The standard InChI is InChI=1S/C18H23N3O3S/c1-18(2,3)16(19)17(22)20-14-10-7-11-15(12-14)25(23,24)21-13-8-5-4-6-9-13/h4-12,16,21H,19H2,1-3H3,(H,20,22)/t16-/m1/s1. The molecule has 1 atom stereocenters. The highest BCUT2D eigenvalue weighted by Crippen LogP contribution is 2.21. The molecule has 0 radical (unpaired) electrons. The number of hydrogen-bond donors (Lipinski definition) is 3. The van der Waals surface area contributed by atoms with Crippen LogP contribution in [0.1, 0.15) is 20.8 Å². The van der Waals surface area contributed by atoms with Crippen molar-refractivity contribution in [3.8, 4) is 0 Å². The smallest absolute Gasteiger partial charge is 0.261 e. The van der Waals surface area contributed by atoms with Crippen LogP contribution in [0.2, 0.25) is 0 Å². The molecule has 2 rings (SSSR count). The van der Waals surface area contributed by atoms with Gasteiger partial charge in [-0.3, -0.25) is 9.52 Å². The van der Waals surface area contributed by atoms with Crippen molar-refractivity contribution < 1.29 is 13.2 Å². The molecule has 4 N–H and O–H groups in total. The molecule has 0 aliphatic carbocycles. The zero-order valence-electron chi connectivity index (χ0n) is 14.5. The SMILES string of the molecule is CC(C)(C)[C@H](N)C(=O)Nc1cccc(S(=O)(=O)Nc2ccccc2)c1. The van der Waals surface area contributed by atoms with Crippen LogP contribution < -0.4 is 15.8 Å². The molecule has 25 heavy (non-hydrogen) atoms. The molecule has 2 aromatic rings. The zero-order valence-corrected chi connectivity index (χ0v) is 15.3. The summed E-state index contributed by atoms with van der Waals surface area (Å²) in [5.41, 5.74) is 6.37. The van der Waals surface area contributed by atoms with Crippen LogP contribution in [0.4, 0.5) is 11.4 Å². The first-order chi connectivity index (χ1) is 11.6. The fourth-order valence-corrected chi connectivity index (χ4v) is 3.18. The third kappa shape index (κ3) is 5.04. The molecule has 7 heteroatoms. The van der Waals surface area contributed by atoms with Crippen LogP contribution in [0.15, 0.2) is 59.5 Å². The second-order valence-corrected chi connectivity index (χ2v) is 8.51. The van der Waals surface area contributed by atoms with Gasteiger partial charge in [0.2, 0.25) is 5.91 Å². The van der Waals surface area contributed by atoms with Crippen LogP contribution in [0, 0.1) is 5.41 Å². The molecule has 0 aliphatic rings. The topological polar surface area (TPSA) is 101 Å². The first-order valence-electron chi connectivity index (χ1n) is 7.84. The molecule has 0 unspecified atom stereocenters. The molecule has 134 valence electrons. The van der Waals surface area contributed by atoms with Gasteiger partial charge in [0.05, 0.1) is 10.9 Å². The normalized spacial score (nSPS) is 13.1. The second kappa shape index (κ2) is 7.25. The van der Waals surface area contributed by atoms with Crippen molar-refractivity contribution in [1.82, 2.24) is 0 Å². The number of para-hydroxylation sites is 1. The second-order valence-electron chi connectivity index (χ2n) is 6.83. The monoisotopic (exact) mass is 361 g/mol. The van der Waals surface area contributed by atoms with Gasteiger partial charge in [0.15, 0.2) is 0 Å². The number of nitrogens with two attached hydrogens (primary N) is 1. The summed E-state index contributed by atoms with van der Waals surface area (Å²) in [6, 6.07) is 13.9. The summed E-state index contributed by atoms with van der Waals surface area (Å²) in [4.78, 5) is 12.3. The van der Waals surface area contributed by atoms with Gasteiger partial charge in [0.25, 0.3) is 10.0 Å². The lowest BCUT2D eigenvalue weighted by molar-refractivity contribution is -0.119. The summed E-state index contributed by atoms with van der Waals surface area (Å²) in [5.74, 6) is -0.363. The van der Waals surface area contributed by atoms with Gasteiger partial charge >= 0.3 is 0 Å². The molecule has 0 aliphatic heterocycles. The third-order valence-electron chi connectivity index (χ3n) is 3.65. The molecule has 0 bridgehead atoms. The van der Waals surface area contributed by atoms with Crippen LogP contribution in [0.3, 0.4) is 0 Å². The van der Waals surface area contributed by atoms with Crippen molar-refractivity contribution in [2.24, 2.45) is 11.1 Å². The number of nitrogens with one attached hydrogen (secondary N) is 2. The Morgan fingerprint density at radius 2 is 1.60 bits per heavy atom. The number of rotatable bonds is 5. The third-order valence-corrected chi connectivity index (χ3v) is 5.03. The first kappa shape index (κ1) is 19.0. The van der Waals surface area contributed by atoms with E-state index in [9.17, 15) is 13.2 Å². The number of carbonyl (C=O) groups excluding carboxylic acids is 1. The number of benzene rings is 2. The van der Waals surface area contributed by atoms with E-state index in [2.05, 4.69) is 10.0 Å². The Balaban J connectivity index is 2.19. The van der Waals surface area contributed by atoms with Crippen molar-refractivity contribution in [2.45, 2.75) is 31.7 Å². The van der Waals surface area contributed by atoms with Crippen LogP contribution in [0.25, 0.3) is 0 Å². The van der Waals surface area contributed by atoms with E-state index in [-0.39, 0.29) is 10.8 Å². The zero-order chi connectivity index (χ0) is 18.7. The van der Waals surface area contributed by atoms with Gasteiger partial charge in [-0.15, -0.1) is 0 Å². The lowest BCUT2D eigenvalue weighted by Crippen LogP contribution is -2.45. The maximum Gasteiger partial charge on any atom is 0.261 e. The maximum absolute atomic E-state index is 12.5. The Kier molecular flexibility index (Phi) is 5.49. The average molecular weight is 361 g/mol. The van der Waals surface area contributed by atoms with Crippen molar-refractivity contribution in [1.29, 1.82) is 0 Å². The fraction of sp³-hybridized carbons (Fsp3) is 0.278. The fourth-order valence-electron chi connectivity index (χ4n) is 2.07. The minimum atomic E-state index is -3.75. The summed E-state index contributed by atoms with van der Waals surface area (Å²) in [5, 5.41) is 2.67. The molecular weight excluding hydrogens is 338 g/mol. The molecule has 0 heterocycles. The van der Waals surface area contributed by atoms with E-state index in [1.165, 1.54) is 12.1 Å². The predicted octanol–water partition coefficient (Wildman–Crippen LogP) is 2.80. The number of anilines is 2. The van der Waals surface area contributed by atoms with Crippen molar-refractivity contribution in [3.05, 3.63) is 54.6 Å². The van der Waals surface area contributed by atoms with E-state index in [0.29, 0.717) is 11.4 Å². The molecule has 2 aromatic carbocycles. The summed E-state index contributed by atoms with van der Waals surface area (Å²) in [6.45, 7) is 5.59. The molecule has 0 fully saturated rings. The van der Waals surface area contributed by atoms with Crippen molar-refractivity contribution in [3.63, 3.8) is 0 Å². The Morgan fingerprint density at radius 1 is 1.00 bits per heavy atom. The average Bonchev–Trinajstić information content (AvgIpc) is 2.54. The Bertz CT molecular complexity index is 843. The number of amides is 1. The largest absolute Gasteiger partial charge is 0.325 e. The van der Waals surface area contributed by atoms with E-state index in [4.69, 9.17) is 5.73 Å². The highest BCUT2D eigenvalue weighted by atomic mass is 32.2. The van der Waals surface area contributed by atoms with Crippen molar-refractivity contribution >= 4 is 27.3 Å². The lowest BCUT2D eigenvalue weighted by Gasteiger charge is -2.25. The first-order valence-corrected chi connectivity index (χ1v) is 9.32. The van der Waals surface area contributed by atoms with E-state index in [0.717, 1.165) is 0 Å². The van der Waals surface area contributed by atoms with Crippen LogP contribution in [-0.2, 0) is 14.8 Å². The van der Waals surface area contributed by atoms with Crippen LogP contribution in [-0.4, -0.2) is 20.4 Å². The Hall–Kier alpha value is -2.38. The Labute approximate surface area is 148 Å². The summed E-state index contributed by atoms with van der Waals surface area (Å²) < 4.78 is 27.5. The lowest BCUT2D eigenvalue weighted by atomic mass is 9.87. The molecule has 0 aromatic heterocycles. The van der Waals surface area contributed by atoms with Crippen LogP contribution in [0.5, 0.6) is 0 Å². The van der Waals surface area contributed by atoms with E-state index >= 15 is 0 Å². The van der Waals surface area contributed by atoms with Crippen molar-refractivity contribution in [2.75, 3.05) is 10.0 Å². The van der Waals surface area contributed by atoms with Gasteiger partial charge in [-0.1, -0.05) is 45.0 Å². The number of sulfonamides is 1. The van der Waals surface area contributed by atoms with Gasteiger partial charge in [-0.05, 0) is 35.7 Å². The van der Waals surface area contributed by atoms with E-state index < -0.39 is 21.5 Å². The molecule has 0 saturated heterocycles. The van der Waals surface area contributed by atoms with Gasteiger partial charge in [0.1, 0.15) is 0 Å².